The van der Waals surface area contributed by atoms with Gasteiger partial charge in [-0.25, -0.2) is 0 Å². The van der Waals surface area contributed by atoms with Gasteiger partial charge in [-0.05, 0) is 157 Å². The number of aryl methyl sites for hydroxylation is 2. The molecule has 14 aromatic carbocycles. The van der Waals surface area contributed by atoms with Gasteiger partial charge in [-0.15, -0.1) is 0 Å². The van der Waals surface area contributed by atoms with Crippen LogP contribution in [0.3, 0.4) is 0 Å². The van der Waals surface area contributed by atoms with Gasteiger partial charge in [0.25, 0.3) is 0 Å². The van der Waals surface area contributed by atoms with E-state index in [4.69, 9.17) is 4.74 Å². The van der Waals surface area contributed by atoms with Gasteiger partial charge < -0.3 is 14.8 Å². The Hall–Kier alpha value is -9.06. The second-order valence-electron chi connectivity index (χ2n) is 19.4. The van der Waals surface area contributed by atoms with Crippen molar-refractivity contribution in [1.29, 1.82) is 0 Å². The van der Waals surface area contributed by atoms with Gasteiger partial charge in [0, 0.05) is 0 Å². The van der Waals surface area contributed by atoms with Crippen LogP contribution >= 0.6 is 0 Å². The summed E-state index contributed by atoms with van der Waals surface area (Å²) in [6.45, 7) is 4.25. The zero-order chi connectivity index (χ0) is 51.0. The molecule has 75 heavy (non-hydrogen) atoms. The van der Waals surface area contributed by atoms with E-state index >= 15 is 0 Å². The van der Waals surface area contributed by atoms with Crippen molar-refractivity contribution in [2.75, 3.05) is 7.11 Å². The molecule has 0 aliphatic carbocycles. The third kappa shape index (κ3) is 8.81. The highest BCUT2D eigenvalue weighted by atomic mass is 16.5. The van der Waals surface area contributed by atoms with E-state index in [2.05, 4.69) is 220 Å². The molecule has 2 N–H and O–H groups in total. The van der Waals surface area contributed by atoms with Crippen LogP contribution in [0, 0.1) is 13.8 Å². The minimum atomic E-state index is -1.53. The van der Waals surface area contributed by atoms with E-state index < -0.39 is 7.12 Å². The average Bonchev–Trinajstić information content (AvgIpc) is 3.50. The van der Waals surface area contributed by atoms with Crippen LogP contribution in [0.4, 0.5) is 0 Å². The Morgan fingerprint density at radius 3 is 1.11 bits per heavy atom. The Balaban J connectivity index is 0.000000128. The van der Waals surface area contributed by atoms with Crippen LogP contribution in [0.25, 0.3) is 120 Å². The maximum absolute atomic E-state index is 10.1. The van der Waals surface area contributed by atoms with Gasteiger partial charge in [0.15, 0.2) is 0 Å². The molecule has 14 rings (SSSR count). The van der Waals surface area contributed by atoms with Gasteiger partial charge in [-0.3, -0.25) is 0 Å². The number of hydrogen-bond acceptors (Lipinski definition) is 3. The first kappa shape index (κ1) is 47.0. The van der Waals surface area contributed by atoms with Crippen LogP contribution in [-0.2, 0) is 0 Å². The van der Waals surface area contributed by atoms with E-state index in [-0.39, 0.29) is 0 Å². The number of methoxy groups -OCH3 is 1. The third-order valence-electron chi connectivity index (χ3n) is 14.8. The summed E-state index contributed by atoms with van der Waals surface area (Å²) in [7, 11) is 0.194. The van der Waals surface area contributed by atoms with E-state index in [9.17, 15) is 10.0 Å². The third-order valence-corrected chi connectivity index (χ3v) is 14.8. The Morgan fingerprint density at radius 1 is 0.293 bits per heavy atom. The summed E-state index contributed by atoms with van der Waals surface area (Å²) in [5.74, 6) is 0.876. The Bertz CT molecular complexity index is 4320. The van der Waals surface area contributed by atoms with Crippen LogP contribution in [-0.4, -0.2) is 24.3 Å². The zero-order valence-electron chi connectivity index (χ0n) is 42.1. The van der Waals surface area contributed by atoms with Crippen molar-refractivity contribution in [3.8, 4) is 39.1 Å². The van der Waals surface area contributed by atoms with Gasteiger partial charge in [-0.1, -0.05) is 248 Å². The molecule has 0 radical (unpaired) electrons. The SMILES string of the molecule is COc1ccc2ccc(-c3c4ccccc4c(-c4cccc5ccccc45)c4ccccc34)cc2c1.Cc1ccc2ccc(C)cc2c1.OB(O)c1c2ccccc2c(-c2cccc3ccccc23)c2ccccc12. The highest BCUT2D eigenvalue weighted by Crippen LogP contribution is 2.46. The first-order valence-corrected chi connectivity index (χ1v) is 25.6. The van der Waals surface area contributed by atoms with Crippen molar-refractivity contribution in [2.24, 2.45) is 0 Å². The van der Waals surface area contributed by atoms with Gasteiger partial charge in [0.05, 0.1) is 7.11 Å². The predicted octanol–water partition coefficient (Wildman–Crippen LogP) is 17.6. The summed E-state index contributed by atoms with van der Waals surface area (Å²) < 4.78 is 5.51. The monoisotopic (exact) mass is 964 g/mol. The molecule has 4 heteroatoms. The summed E-state index contributed by atoms with van der Waals surface area (Å²) >= 11 is 0. The summed E-state index contributed by atoms with van der Waals surface area (Å²) in [5.41, 5.74) is 10.6. The van der Waals surface area contributed by atoms with Gasteiger partial charge in [-0.2, -0.15) is 0 Å². The smallest absolute Gasteiger partial charge is 0.489 e. The Labute approximate surface area is 437 Å². The molecule has 14 aromatic rings. The van der Waals surface area contributed by atoms with E-state index in [1.165, 1.54) is 98.0 Å². The minimum Gasteiger partial charge on any atom is -0.497 e. The molecule has 0 saturated carbocycles. The molecule has 0 aromatic heterocycles. The highest BCUT2D eigenvalue weighted by Gasteiger charge is 2.23. The molecule has 0 unspecified atom stereocenters. The molecule has 358 valence electrons. The molecule has 0 spiro atoms. The number of fused-ring (bicyclic) bond motifs is 8. The molecule has 0 bridgehead atoms. The zero-order valence-corrected chi connectivity index (χ0v) is 42.1. The number of hydrogen-bond donors (Lipinski definition) is 2. The second-order valence-corrected chi connectivity index (χ2v) is 19.4. The van der Waals surface area contributed by atoms with E-state index in [0.717, 1.165) is 38.4 Å². The second kappa shape index (κ2) is 20.1. The average molecular weight is 965 g/mol. The highest BCUT2D eigenvalue weighted by molar-refractivity contribution is 6.66. The van der Waals surface area contributed by atoms with Crippen LogP contribution in [0.2, 0.25) is 0 Å². The van der Waals surface area contributed by atoms with Crippen molar-refractivity contribution in [2.45, 2.75) is 13.8 Å². The summed E-state index contributed by atoms with van der Waals surface area (Å²) in [5, 5.41) is 39.0. The number of rotatable bonds is 5. The number of ether oxygens (including phenoxy) is 1. The van der Waals surface area contributed by atoms with Crippen molar-refractivity contribution in [3.63, 3.8) is 0 Å². The first-order chi connectivity index (χ1) is 36.8. The first-order valence-electron chi connectivity index (χ1n) is 25.6. The molecular weight excluding hydrogens is 912 g/mol. The molecule has 0 saturated heterocycles. The number of benzene rings is 14. The molecule has 0 aliphatic rings. The fourth-order valence-electron chi connectivity index (χ4n) is 11.3. The standard InChI is InChI=1S/C35H24O.C24H17BO2.C12H12/c1-36-27-20-19-23-17-18-25(21-26(23)22-27)34-30-12-4-6-14-32(30)35(33-15-7-5-13-31(33)34)29-16-8-10-24-9-2-3-11-28(24)29;26-25(27)24-21-13-5-3-11-19(21)23(20-12-4-6-14-22(20)24)18-15-7-9-16-8-1-2-10-17(16)18;1-9-3-5-11-6-4-10(2)8-12(11)7-9/h2-22H,1H3;1-15,26-27H;3-8H,1-2H3. The molecule has 0 amide bonds. The predicted molar refractivity (Wildman–Crippen MR) is 322 cm³/mol. The molecule has 0 heterocycles. The van der Waals surface area contributed by atoms with Crippen LogP contribution in [0.5, 0.6) is 5.75 Å². The lowest BCUT2D eigenvalue weighted by molar-refractivity contribution is 0.415. The maximum Gasteiger partial charge on any atom is 0.489 e. The molecule has 0 aliphatic heterocycles. The Kier molecular flexibility index (Phi) is 12.6. The molecule has 0 fully saturated rings. The van der Waals surface area contributed by atoms with Crippen molar-refractivity contribution >= 4 is 98.8 Å². The summed E-state index contributed by atoms with van der Waals surface area (Å²) in [6, 6.07) is 89.7. The summed E-state index contributed by atoms with van der Waals surface area (Å²) in [4.78, 5) is 0. The van der Waals surface area contributed by atoms with Crippen LogP contribution in [0.15, 0.2) is 255 Å². The summed E-state index contributed by atoms with van der Waals surface area (Å²) in [6.07, 6.45) is 0. The quantitative estimate of drug-likeness (QED) is 0.133. The Morgan fingerprint density at radius 2 is 0.653 bits per heavy atom. The normalized spacial score (nSPS) is 11.3. The minimum absolute atomic E-state index is 0.560. The molecule has 3 nitrogen and oxygen atoms in total. The van der Waals surface area contributed by atoms with Gasteiger partial charge in [0.2, 0.25) is 0 Å². The lowest BCUT2D eigenvalue weighted by atomic mass is 9.72. The van der Waals surface area contributed by atoms with Crippen molar-refractivity contribution in [1.82, 2.24) is 0 Å². The molecular formula is C71H53BO3. The van der Waals surface area contributed by atoms with Gasteiger partial charge >= 0.3 is 7.12 Å². The fourth-order valence-corrected chi connectivity index (χ4v) is 11.3. The lowest BCUT2D eigenvalue weighted by Gasteiger charge is -2.19. The van der Waals surface area contributed by atoms with Crippen molar-refractivity contribution in [3.05, 3.63) is 266 Å². The fraction of sp³-hybridized carbons (Fsp3) is 0.0423. The lowest BCUT2D eigenvalue weighted by Crippen LogP contribution is -2.31. The topological polar surface area (TPSA) is 49.7 Å². The molecule has 0 atom stereocenters. The van der Waals surface area contributed by atoms with E-state index in [1.807, 2.05) is 48.5 Å². The van der Waals surface area contributed by atoms with Crippen LogP contribution in [0.1, 0.15) is 11.1 Å². The van der Waals surface area contributed by atoms with Gasteiger partial charge in [0.1, 0.15) is 5.75 Å². The van der Waals surface area contributed by atoms with E-state index in [0.29, 0.717) is 5.46 Å². The van der Waals surface area contributed by atoms with E-state index in [1.54, 1.807) is 7.11 Å². The largest absolute Gasteiger partial charge is 0.497 e. The van der Waals surface area contributed by atoms with Crippen molar-refractivity contribution < 1.29 is 14.8 Å². The maximum atomic E-state index is 10.1. The van der Waals surface area contributed by atoms with Crippen LogP contribution < -0.4 is 10.2 Å².